The summed E-state index contributed by atoms with van der Waals surface area (Å²) in [5.74, 6) is -0.148. The minimum Gasteiger partial charge on any atom is -0.298 e. The predicted molar refractivity (Wildman–Crippen MR) is 32.9 cm³/mol. The Bertz CT molecular complexity index is 179. The van der Waals surface area contributed by atoms with Crippen molar-refractivity contribution in [3.05, 3.63) is 12.2 Å². The van der Waals surface area contributed by atoms with Crippen molar-refractivity contribution in [3.63, 3.8) is 0 Å². The summed E-state index contributed by atoms with van der Waals surface area (Å²) < 4.78 is 0. The van der Waals surface area contributed by atoms with Crippen molar-refractivity contribution in [2.75, 3.05) is 0 Å². The lowest BCUT2D eigenvalue weighted by atomic mass is 9.95. The molecule has 0 spiro atoms. The van der Waals surface area contributed by atoms with E-state index in [0.717, 1.165) is 0 Å². The molecule has 0 aromatic heterocycles. The molecule has 48 valence electrons. The van der Waals surface area contributed by atoms with Gasteiger partial charge in [0, 0.05) is 0 Å². The Labute approximate surface area is 53.6 Å². The highest BCUT2D eigenvalue weighted by molar-refractivity contribution is 6.13. The average Bonchev–Trinajstić information content (AvgIpc) is 2.40. The van der Waals surface area contributed by atoms with Crippen LogP contribution in [0.25, 0.3) is 0 Å². The van der Waals surface area contributed by atoms with Crippen LogP contribution in [0.4, 0.5) is 0 Å². The molecule has 0 aromatic carbocycles. The second-order valence-corrected chi connectivity index (χ2v) is 2.31. The van der Waals surface area contributed by atoms with E-state index >= 15 is 0 Å². The summed E-state index contributed by atoms with van der Waals surface area (Å²) in [5, 5.41) is 0. The van der Waals surface area contributed by atoms with Crippen molar-refractivity contribution in [2.45, 2.75) is 13.8 Å². The maximum absolute atomic E-state index is 10.7. The van der Waals surface area contributed by atoms with Gasteiger partial charge in [0.1, 0.15) is 5.41 Å². The van der Waals surface area contributed by atoms with Gasteiger partial charge in [-0.15, -0.1) is 0 Å². The zero-order valence-corrected chi connectivity index (χ0v) is 5.47. The van der Waals surface area contributed by atoms with E-state index in [1.165, 1.54) is 13.8 Å². The van der Waals surface area contributed by atoms with Gasteiger partial charge in [-0.25, -0.2) is 0 Å². The zero-order chi connectivity index (χ0) is 7.07. The lowest BCUT2D eigenvalue weighted by molar-refractivity contribution is -0.130. The molecule has 0 bridgehead atoms. The topological polar surface area (TPSA) is 34.1 Å². The second-order valence-electron chi connectivity index (χ2n) is 2.31. The van der Waals surface area contributed by atoms with Crippen molar-refractivity contribution in [3.8, 4) is 0 Å². The van der Waals surface area contributed by atoms with Gasteiger partial charge < -0.3 is 0 Å². The molecule has 0 saturated carbocycles. The van der Waals surface area contributed by atoms with Crippen LogP contribution < -0.4 is 0 Å². The molecule has 0 radical (unpaired) electrons. The molecule has 0 fully saturated rings. The number of hydrogen-bond acceptors (Lipinski definition) is 2. The van der Waals surface area contributed by atoms with Gasteiger partial charge in [-0.1, -0.05) is 12.2 Å². The summed E-state index contributed by atoms with van der Waals surface area (Å²) in [6.45, 7) is 2.86. The third-order valence-corrected chi connectivity index (χ3v) is 1.67. The molecule has 0 heterocycles. The van der Waals surface area contributed by atoms with Crippen LogP contribution in [0.2, 0.25) is 0 Å². The first kappa shape index (κ1) is 6.20. The maximum atomic E-state index is 10.7. The molecule has 0 aliphatic heterocycles. The van der Waals surface area contributed by atoms with E-state index in [4.69, 9.17) is 0 Å². The molecule has 0 N–H and O–H groups in total. The monoisotopic (exact) mass is 124 g/mol. The Kier molecular flexibility index (Phi) is 1.05. The van der Waals surface area contributed by atoms with Crippen molar-refractivity contribution >= 4 is 11.6 Å². The summed E-state index contributed by atoms with van der Waals surface area (Å²) >= 11 is 0. The van der Waals surface area contributed by atoms with Crippen LogP contribution in [-0.4, -0.2) is 11.6 Å². The number of allylic oxidation sites excluding steroid dienone is 2. The fraction of sp³-hybridized carbons (Fsp3) is 0.429. The molecule has 0 aromatic rings. The Morgan fingerprint density at radius 2 is 1.44 bits per heavy atom. The van der Waals surface area contributed by atoms with Gasteiger partial charge in [0.2, 0.25) is 0 Å². The Morgan fingerprint density at radius 3 is 1.44 bits per heavy atom. The second kappa shape index (κ2) is 1.53. The van der Waals surface area contributed by atoms with Gasteiger partial charge in [-0.05, 0) is 13.8 Å². The van der Waals surface area contributed by atoms with Crippen LogP contribution in [0.3, 0.4) is 0 Å². The molecular formula is C7H8O2. The molecule has 0 unspecified atom stereocenters. The summed E-state index contributed by atoms with van der Waals surface area (Å²) in [7, 11) is 0. The highest BCUT2D eigenvalue weighted by atomic mass is 16.2. The van der Waals surface area contributed by atoms with Crippen LogP contribution in [0, 0.1) is 5.41 Å². The molecule has 2 nitrogen and oxygen atoms in total. The molecule has 0 atom stereocenters. The van der Waals surface area contributed by atoms with Crippen molar-refractivity contribution in [1.82, 2.24) is 0 Å². The van der Waals surface area contributed by atoms with Gasteiger partial charge in [0.15, 0.2) is 11.6 Å². The average molecular weight is 124 g/mol. The Hall–Kier alpha value is -0.920. The van der Waals surface area contributed by atoms with Gasteiger partial charge in [-0.2, -0.15) is 0 Å². The zero-order valence-electron chi connectivity index (χ0n) is 5.47. The summed E-state index contributed by atoms with van der Waals surface area (Å²) in [6.07, 6.45) is 3.27. The smallest absolute Gasteiger partial charge is 0.150 e. The van der Waals surface area contributed by atoms with Crippen LogP contribution in [0.5, 0.6) is 0 Å². The number of rotatable bonds is 2. The van der Waals surface area contributed by atoms with Gasteiger partial charge in [-0.3, -0.25) is 9.59 Å². The number of carbonyl (C=O) groups excluding carboxylic acids is 2. The number of ketones is 2. The summed E-state index contributed by atoms with van der Waals surface area (Å²) in [6, 6.07) is 0. The minimum atomic E-state index is -0.778. The van der Waals surface area contributed by atoms with Crippen LogP contribution in [-0.2, 0) is 9.59 Å². The highest BCUT2D eigenvalue weighted by Gasteiger charge is 2.43. The largest absolute Gasteiger partial charge is 0.298 e. The SMILES string of the molecule is CC(=O)C1(C(C)=O)C=C1. The molecule has 0 amide bonds. The van der Waals surface area contributed by atoms with E-state index in [1.54, 1.807) is 12.2 Å². The van der Waals surface area contributed by atoms with E-state index in [-0.39, 0.29) is 11.6 Å². The first-order valence-corrected chi connectivity index (χ1v) is 2.82. The first-order valence-electron chi connectivity index (χ1n) is 2.82. The van der Waals surface area contributed by atoms with Crippen molar-refractivity contribution in [2.24, 2.45) is 5.41 Å². The normalized spacial score (nSPS) is 19.3. The predicted octanol–water partition coefficient (Wildman–Crippen LogP) is 0.721. The summed E-state index contributed by atoms with van der Waals surface area (Å²) in [5.41, 5.74) is -0.778. The maximum Gasteiger partial charge on any atom is 0.150 e. The van der Waals surface area contributed by atoms with Crippen molar-refractivity contribution < 1.29 is 9.59 Å². The molecule has 1 aliphatic carbocycles. The van der Waals surface area contributed by atoms with E-state index in [2.05, 4.69) is 0 Å². The van der Waals surface area contributed by atoms with E-state index in [0.29, 0.717) is 0 Å². The minimum absolute atomic E-state index is 0.0741. The third-order valence-electron chi connectivity index (χ3n) is 1.67. The van der Waals surface area contributed by atoms with Gasteiger partial charge in [0.25, 0.3) is 0 Å². The number of Topliss-reactive ketones (excluding diaryl/α,β-unsaturated/α-hetero) is 2. The fourth-order valence-electron chi connectivity index (χ4n) is 0.801. The fourth-order valence-corrected chi connectivity index (χ4v) is 0.801. The standard InChI is InChI=1S/C7H8O2/c1-5(8)7(3-4-7)6(2)9/h3-4H,1-2H3. The number of hydrogen-bond donors (Lipinski definition) is 0. The quantitative estimate of drug-likeness (QED) is 0.401. The lowest BCUT2D eigenvalue weighted by Gasteiger charge is -2.04. The van der Waals surface area contributed by atoms with Gasteiger partial charge >= 0.3 is 0 Å². The van der Waals surface area contributed by atoms with Crippen LogP contribution >= 0.6 is 0 Å². The molecule has 1 aliphatic rings. The first-order chi connectivity index (χ1) is 4.09. The van der Waals surface area contributed by atoms with Gasteiger partial charge in [0.05, 0.1) is 0 Å². The van der Waals surface area contributed by atoms with Crippen molar-refractivity contribution in [1.29, 1.82) is 0 Å². The van der Waals surface area contributed by atoms with Crippen LogP contribution in [0.15, 0.2) is 12.2 Å². The molecule has 2 heteroatoms. The molecule has 1 rings (SSSR count). The lowest BCUT2D eigenvalue weighted by Crippen LogP contribution is -2.22. The third kappa shape index (κ3) is 0.707. The van der Waals surface area contributed by atoms with E-state index in [9.17, 15) is 9.59 Å². The van der Waals surface area contributed by atoms with Crippen LogP contribution in [0.1, 0.15) is 13.8 Å². The highest BCUT2D eigenvalue weighted by Crippen LogP contribution is 2.36. The molecular weight excluding hydrogens is 116 g/mol. The van der Waals surface area contributed by atoms with E-state index in [1.807, 2.05) is 0 Å². The van der Waals surface area contributed by atoms with E-state index < -0.39 is 5.41 Å². The Balaban J connectivity index is 2.77. The molecule has 9 heavy (non-hydrogen) atoms. The molecule has 0 saturated heterocycles. The Morgan fingerprint density at radius 1 is 1.11 bits per heavy atom. The summed E-state index contributed by atoms with van der Waals surface area (Å²) in [4.78, 5) is 21.4. The number of carbonyl (C=O) groups is 2.